The highest BCUT2D eigenvalue weighted by molar-refractivity contribution is 7.90. The molecule has 130 valence electrons. The second kappa shape index (κ2) is 6.98. The van der Waals surface area contributed by atoms with Gasteiger partial charge in [-0.05, 0) is 42.0 Å². The molecule has 7 heteroatoms. The van der Waals surface area contributed by atoms with Gasteiger partial charge in [0.25, 0.3) is 0 Å². The van der Waals surface area contributed by atoms with Crippen molar-refractivity contribution in [2.75, 3.05) is 24.8 Å². The Hall–Kier alpha value is -2.80. The van der Waals surface area contributed by atoms with Gasteiger partial charge in [0.2, 0.25) is 5.91 Å². The molecule has 0 unspecified atom stereocenters. The Kier molecular flexibility index (Phi) is 4.76. The minimum atomic E-state index is -3.32. The van der Waals surface area contributed by atoms with Crippen molar-refractivity contribution in [3.8, 4) is 11.5 Å². The molecule has 0 aliphatic carbocycles. The van der Waals surface area contributed by atoms with Crippen LogP contribution in [0.1, 0.15) is 5.56 Å². The summed E-state index contributed by atoms with van der Waals surface area (Å²) in [6, 6.07) is 11.5. The number of carbonyl (C=O) groups excluding carboxylic acids is 1. The lowest BCUT2D eigenvalue weighted by atomic mass is 10.2. The molecule has 0 radical (unpaired) electrons. The molecular formula is C18H17NO5S. The lowest BCUT2D eigenvalue weighted by Gasteiger charge is -2.18. The van der Waals surface area contributed by atoms with E-state index in [1.807, 2.05) is 6.07 Å². The van der Waals surface area contributed by atoms with Gasteiger partial charge < -0.3 is 14.8 Å². The molecule has 0 bridgehead atoms. The first-order chi connectivity index (χ1) is 11.9. The molecule has 1 aliphatic rings. The molecule has 1 N–H and O–H groups in total. The van der Waals surface area contributed by atoms with E-state index in [9.17, 15) is 13.2 Å². The summed E-state index contributed by atoms with van der Waals surface area (Å²) in [7, 11) is -3.32. The van der Waals surface area contributed by atoms with Crippen molar-refractivity contribution >= 4 is 27.5 Å². The summed E-state index contributed by atoms with van der Waals surface area (Å²) in [6.07, 6.45) is 4.14. The van der Waals surface area contributed by atoms with E-state index >= 15 is 0 Å². The smallest absolute Gasteiger partial charge is 0.248 e. The van der Waals surface area contributed by atoms with E-state index in [1.54, 1.807) is 30.3 Å². The Bertz CT molecular complexity index is 934. The Morgan fingerprint density at radius 1 is 1.08 bits per heavy atom. The molecule has 25 heavy (non-hydrogen) atoms. The number of fused-ring (bicyclic) bond motifs is 1. The zero-order valence-corrected chi connectivity index (χ0v) is 14.4. The summed E-state index contributed by atoms with van der Waals surface area (Å²) in [5.41, 5.74) is 1.21. The van der Waals surface area contributed by atoms with Crippen molar-refractivity contribution in [3.63, 3.8) is 0 Å². The van der Waals surface area contributed by atoms with Gasteiger partial charge in [0, 0.05) is 18.0 Å². The highest BCUT2D eigenvalue weighted by Gasteiger charge is 2.11. The average molecular weight is 359 g/mol. The van der Waals surface area contributed by atoms with E-state index in [0.717, 1.165) is 11.8 Å². The predicted octanol–water partition coefficient (Wildman–Crippen LogP) is 2.51. The van der Waals surface area contributed by atoms with Crippen LogP contribution in [0.2, 0.25) is 0 Å². The predicted molar refractivity (Wildman–Crippen MR) is 94.6 cm³/mol. The average Bonchev–Trinajstić information content (AvgIpc) is 2.59. The third-order valence-electron chi connectivity index (χ3n) is 3.52. The van der Waals surface area contributed by atoms with Crippen molar-refractivity contribution in [2.45, 2.75) is 4.90 Å². The van der Waals surface area contributed by atoms with Crippen LogP contribution in [0.3, 0.4) is 0 Å². The highest BCUT2D eigenvalue weighted by Crippen LogP contribution is 2.31. The Balaban J connectivity index is 1.69. The van der Waals surface area contributed by atoms with Gasteiger partial charge in [-0.1, -0.05) is 12.1 Å². The number of sulfone groups is 1. The monoisotopic (exact) mass is 359 g/mol. The number of carbonyl (C=O) groups is 1. The van der Waals surface area contributed by atoms with Crippen LogP contribution in [0, 0.1) is 0 Å². The second-order valence-electron chi connectivity index (χ2n) is 5.53. The minimum Gasteiger partial charge on any atom is -0.486 e. The van der Waals surface area contributed by atoms with E-state index in [-0.39, 0.29) is 10.8 Å². The van der Waals surface area contributed by atoms with Crippen LogP contribution in [-0.2, 0) is 14.6 Å². The van der Waals surface area contributed by atoms with E-state index in [2.05, 4.69) is 5.32 Å². The van der Waals surface area contributed by atoms with Gasteiger partial charge in [0.05, 0.1) is 4.90 Å². The molecule has 6 nitrogen and oxygen atoms in total. The van der Waals surface area contributed by atoms with Crippen molar-refractivity contribution in [3.05, 3.63) is 54.1 Å². The molecule has 0 fully saturated rings. The van der Waals surface area contributed by atoms with Crippen molar-refractivity contribution in [2.24, 2.45) is 0 Å². The van der Waals surface area contributed by atoms with E-state index in [1.165, 1.54) is 18.2 Å². The molecule has 0 spiro atoms. The van der Waals surface area contributed by atoms with Gasteiger partial charge in [-0.25, -0.2) is 8.42 Å². The van der Waals surface area contributed by atoms with Crippen molar-refractivity contribution in [1.29, 1.82) is 0 Å². The van der Waals surface area contributed by atoms with Crippen LogP contribution < -0.4 is 14.8 Å². The van der Waals surface area contributed by atoms with Crippen molar-refractivity contribution in [1.82, 2.24) is 0 Å². The highest BCUT2D eigenvalue weighted by atomic mass is 32.2. The first kappa shape index (κ1) is 17.0. The third kappa shape index (κ3) is 4.39. The molecule has 0 saturated carbocycles. The first-order valence-electron chi connectivity index (χ1n) is 7.61. The quantitative estimate of drug-likeness (QED) is 0.849. The number of hydrogen-bond donors (Lipinski definition) is 1. The molecule has 1 aliphatic heterocycles. The number of ether oxygens (including phenoxy) is 2. The Morgan fingerprint density at radius 2 is 1.84 bits per heavy atom. The molecule has 0 atom stereocenters. The van der Waals surface area contributed by atoms with Crippen LogP contribution >= 0.6 is 0 Å². The van der Waals surface area contributed by atoms with Gasteiger partial charge in [0.1, 0.15) is 13.2 Å². The lowest BCUT2D eigenvalue weighted by molar-refractivity contribution is -0.111. The maximum Gasteiger partial charge on any atom is 0.248 e. The number of amides is 1. The number of rotatable bonds is 4. The topological polar surface area (TPSA) is 81.7 Å². The Morgan fingerprint density at radius 3 is 2.60 bits per heavy atom. The molecule has 1 heterocycles. The first-order valence-corrected chi connectivity index (χ1v) is 9.50. The van der Waals surface area contributed by atoms with Gasteiger partial charge in [-0.3, -0.25) is 4.79 Å². The normalized spacial score (nSPS) is 13.6. The fourth-order valence-electron chi connectivity index (χ4n) is 2.32. The van der Waals surface area contributed by atoms with Gasteiger partial charge in [0.15, 0.2) is 21.3 Å². The van der Waals surface area contributed by atoms with Crippen LogP contribution in [0.25, 0.3) is 6.08 Å². The summed E-state index contributed by atoms with van der Waals surface area (Å²) < 4.78 is 34.0. The largest absolute Gasteiger partial charge is 0.486 e. The van der Waals surface area contributed by atoms with E-state index in [4.69, 9.17) is 9.47 Å². The number of anilines is 1. The molecule has 0 saturated heterocycles. The summed E-state index contributed by atoms with van der Waals surface area (Å²) in [5.74, 6) is 0.973. The summed E-state index contributed by atoms with van der Waals surface area (Å²) >= 11 is 0. The van der Waals surface area contributed by atoms with Crippen LogP contribution in [-0.4, -0.2) is 33.8 Å². The fourth-order valence-corrected chi connectivity index (χ4v) is 2.99. The van der Waals surface area contributed by atoms with Crippen LogP contribution in [0.5, 0.6) is 11.5 Å². The number of nitrogens with one attached hydrogen (secondary N) is 1. The van der Waals surface area contributed by atoms with Crippen molar-refractivity contribution < 1.29 is 22.7 Å². The second-order valence-corrected chi connectivity index (χ2v) is 7.54. The molecule has 1 amide bonds. The molecular weight excluding hydrogens is 342 g/mol. The zero-order chi connectivity index (χ0) is 17.9. The molecule has 2 aromatic carbocycles. The standard InChI is InChI=1S/C18H17NO5S/c1-25(21,22)15-4-2-3-14(12-15)19-18(20)8-6-13-5-7-16-17(11-13)24-10-9-23-16/h2-8,11-12H,9-10H2,1H3,(H,19,20)/b8-6+. The maximum absolute atomic E-state index is 12.0. The van der Waals surface area contributed by atoms with E-state index in [0.29, 0.717) is 30.4 Å². The minimum absolute atomic E-state index is 0.154. The summed E-state index contributed by atoms with van der Waals surface area (Å²) in [5, 5.41) is 2.64. The van der Waals surface area contributed by atoms with Gasteiger partial charge >= 0.3 is 0 Å². The van der Waals surface area contributed by atoms with Gasteiger partial charge in [-0.2, -0.15) is 0 Å². The van der Waals surface area contributed by atoms with Gasteiger partial charge in [-0.15, -0.1) is 0 Å². The fraction of sp³-hybridized carbons (Fsp3) is 0.167. The summed E-state index contributed by atoms with van der Waals surface area (Å²) in [6.45, 7) is 1.02. The molecule has 3 rings (SSSR count). The maximum atomic E-state index is 12.0. The lowest BCUT2D eigenvalue weighted by Crippen LogP contribution is -2.15. The number of hydrogen-bond acceptors (Lipinski definition) is 5. The van der Waals surface area contributed by atoms with Crippen LogP contribution in [0.4, 0.5) is 5.69 Å². The van der Waals surface area contributed by atoms with E-state index < -0.39 is 9.84 Å². The third-order valence-corrected chi connectivity index (χ3v) is 4.63. The number of benzene rings is 2. The SMILES string of the molecule is CS(=O)(=O)c1cccc(NC(=O)/C=C/c2ccc3c(c2)OCCO3)c1. The zero-order valence-electron chi connectivity index (χ0n) is 13.6. The molecule has 0 aromatic heterocycles. The molecule has 2 aromatic rings. The van der Waals surface area contributed by atoms with Crippen LogP contribution in [0.15, 0.2) is 53.4 Å². The summed E-state index contributed by atoms with van der Waals surface area (Å²) in [4.78, 5) is 12.2. The Labute approximate surface area is 146 Å².